The summed E-state index contributed by atoms with van der Waals surface area (Å²) in [5, 5.41) is 7.85. The number of rotatable bonds is 6. The number of aromatic nitrogens is 2. The van der Waals surface area contributed by atoms with E-state index in [1.54, 1.807) is 16.9 Å². The van der Waals surface area contributed by atoms with E-state index in [0.29, 0.717) is 15.9 Å². The minimum Gasteiger partial charge on any atom is -0.314 e. The highest BCUT2D eigenvalue weighted by atomic mass is 32.1. The molecular weight excluding hydrogens is 381 g/mol. The maximum Gasteiger partial charge on any atom is 0.324 e. The third-order valence-electron chi connectivity index (χ3n) is 4.56. The van der Waals surface area contributed by atoms with E-state index in [1.165, 1.54) is 18.4 Å². The predicted molar refractivity (Wildman–Crippen MR) is 110 cm³/mol. The number of anilines is 1. The molecule has 0 radical (unpaired) electrons. The molecular formula is C19H22N3O3PS. The van der Waals surface area contributed by atoms with Gasteiger partial charge in [0.25, 0.3) is 0 Å². The summed E-state index contributed by atoms with van der Waals surface area (Å²) in [4.78, 5) is 13.0. The van der Waals surface area contributed by atoms with Crippen molar-refractivity contribution in [2.45, 2.75) is 20.8 Å². The Morgan fingerprint density at radius 2 is 2.00 bits per heavy atom. The van der Waals surface area contributed by atoms with Crippen LogP contribution in [0.25, 0.3) is 10.4 Å². The first-order valence-corrected chi connectivity index (χ1v) is 10.8. The standard InChI is InChI=1S/C19H22N3O3PS/c1-12-6-7-17(13(2)8-12)26(24,25-5)21-16-9-18(27-19(16)11-23)15-10-20-22(4)14(15)3/h6-11H,1-5H3,(H,21,24). The highest BCUT2D eigenvalue weighted by Gasteiger charge is 2.28. The van der Waals surface area contributed by atoms with E-state index < -0.39 is 7.52 Å². The summed E-state index contributed by atoms with van der Waals surface area (Å²) in [6.07, 6.45) is 2.53. The van der Waals surface area contributed by atoms with Crippen molar-refractivity contribution in [1.82, 2.24) is 9.78 Å². The van der Waals surface area contributed by atoms with Crippen molar-refractivity contribution < 1.29 is 13.9 Å². The first kappa shape index (κ1) is 19.5. The lowest BCUT2D eigenvalue weighted by molar-refractivity contribution is 0.112. The SMILES string of the molecule is COP(=O)(Nc1cc(-c2cnn(C)c2C)sc1C=O)c1ccc(C)cc1C. The molecule has 0 bridgehead atoms. The van der Waals surface area contributed by atoms with Crippen molar-refractivity contribution in [2.75, 3.05) is 12.2 Å². The van der Waals surface area contributed by atoms with Crippen LogP contribution in [0.5, 0.6) is 0 Å². The first-order valence-electron chi connectivity index (χ1n) is 8.39. The van der Waals surface area contributed by atoms with Gasteiger partial charge in [-0.05, 0) is 38.5 Å². The molecule has 3 aromatic rings. The van der Waals surface area contributed by atoms with Crippen molar-refractivity contribution >= 4 is 36.1 Å². The second-order valence-corrected chi connectivity index (χ2v) is 9.67. The largest absolute Gasteiger partial charge is 0.324 e. The number of hydrogen-bond donors (Lipinski definition) is 1. The van der Waals surface area contributed by atoms with Gasteiger partial charge < -0.3 is 9.61 Å². The van der Waals surface area contributed by atoms with E-state index >= 15 is 0 Å². The summed E-state index contributed by atoms with van der Waals surface area (Å²) in [7, 11) is -0.105. The Balaban J connectivity index is 2.04. The van der Waals surface area contributed by atoms with Gasteiger partial charge in [-0.25, -0.2) is 0 Å². The highest BCUT2D eigenvalue weighted by Crippen LogP contribution is 2.48. The minimum absolute atomic E-state index is 0.468. The molecule has 1 N–H and O–H groups in total. The molecule has 0 saturated heterocycles. The average Bonchev–Trinajstić information content (AvgIpc) is 3.18. The van der Waals surface area contributed by atoms with E-state index in [-0.39, 0.29) is 0 Å². The van der Waals surface area contributed by atoms with E-state index in [9.17, 15) is 9.36 Å². The number of benzene rings is 1. The summed E-state index contributed by atoms with van der Waals surface area (Å²) in [6, 6.07) is 7.49. The number of carbonyl (C=O) groups excluding carboxylic acids is 1. The number of aryl methyl sites for hydroxylation is 3. The van der Waals surface area contributed by atoms with E-state index in [2.05, 4.69) is 10.2 Å². The van der Waals surface area contributed by atoms with Crippen LogP contribution in [0, 0.1) is 20.8 Å². The van der Waals surface area contributed by atoms with Crippen LogP contribution < -0.4 is 10.4 Å². The molecule has 0 aliphatic carbocycles. The molecule has 2 heterocycles. The zero-order valence-electron chi connectivity index (χ0n) is 15.9. The Hall–Kier alpha value is -2.21. The van der Waals surface area contributed by atoms with Crippen LogP contribution in [0.2, 0.25) is 0 Å². The van der Waals surface area contributed by atoms with Crippen LogP contribution in [0.3, 0.4) is 0 Å². The van der Waals surface area contributed by atoms with Gasteiger partial charge >= 0.3 is 7.52 Å². The van der Waals surface area contributed by atoms with Crippen molar-refractivity contribution in [3.63, 3.8) is 0 Å². The lowest BCUT2D eigenvalue weighted by Crippen LogP contribution is -2.16. The van der Waals surface area contributed by atoms with Crippen LogP contribution >= 0.6 is 18.9 Å². The maximum absolute atomic E-state index is 13.5. The van der Waals surface area contributed by atoms with E-state index in [4.69, 9.17) is 4.52 Å². The Labute approximate surface area is 162 Å². The quantitative estimate of drug-likeness (QED) is 0.486. The van der Waals surface area contributed by atoms with Crippen LogP contribution in [-0.4, -0.2) is 23.2 Å². The van der Waals surface area contributed by atoms with Gasteiger partial charge in [0.05, 0.1) is 22.1 Å². The van der Waals surface area contributed by atoms with Crippen LogP contribution in [0.15, 0.2) is 30.5 Å². The average molecular weight is 403 g/mol. The number of carbonyl (C=O) groups is 1. The topological polar surface area (TPSA) is 73.2 Å². The first-order chi connectivity index (χ1) is 12.8. The molecule has 0 fully saturated rings. The lowest BCUT2D eigenvalue weighted by atomic mass is 10.2. The van der Waals surface area contributed by atoms with Gasteiger partial charge in [-0.1, -0.05) is 17.7 Å². The van der Waals surface area contributed by atoms with Crippen molar-refractivity contribution in [1.29, 1.82) is 0 Å². The van der Waals surface area contributed by atoms with Gasteiger partial charge in [-0.15, -0.1) is 11.3 Å². The van der Waals surface area contributed by atoms with E-state index in [0.717, 1.165) is 33.5 Å². The molecule has 142 valence electrons. The van der Waals surface area contributed by atoms with Gasteiger partial charge in [0.1, 0.15) is 0 Å². The molecule has 1 aromatic carbocycles. The number of nitrogens with one attached hydrogen (secondary N) is 1. The number of hydrogen-bond acceptors (Lipinski definition) is 5. The zero-order chi connectivity index (χ0) is 19.8. The summed E-state index contributed by atoms with van der Waals surface area (Å²) < 4.78 is 20.7. The Morgan fingerprint density at radius 3 is 2.56 bits per heavy atom. The second-order valence-electron chi connectivity index (χ2n) is 6.41. The van der Waals surface area contributed by atoms with Crippen molar-refractivity contribution in [3.8, 4) is 10.4 Å². The fraction of sp³-hybridized carbons (Fsp3) is 0.263. The molecule has 6 nitrogen and oxygen atoms in total. The number of aldehydes is 1. The Kier molecular flexibility index (Phi) is 5.38. The highest BCUT2D eigenvalue weighted by molar-refractivity contribution is 7.68. The molecule has 8 heteroatoms. The smallest absolute Gasteiger partial charge is 0.314 e. The molecule has 0 amide bonds. The normalized spacial score (nSPS) is 13.4. The van der Waals surface area contributed by atoms with Gasteiger partial charge in [0, 0.05) is 30.3 Å². The molecule has 1 atom stereocenters. The Morgan fingerprint density at radius 1 is 1.26 bits per heavy atom. The fourth-order valence-corrected chi connectivity index (χ4v) is 5.73. The summed E-state index contributed by atoms with van der Waals surface area (Å²) in [6.45, 7) is 5.84. The maximum atomic E-state index is 13.5. The van der Waals surface area contributed by atoms with Crippen LogP contribution in [0.4, 0.5) is 5.69 Å². The number of nitrogens with zero attached hydrogens (tertiary/aromatic N) is 2. The summed E-state index contributed by atoms with van der Waals surface area (Å²) >= 11 is 1.33. The molecule has 2 aromatic heterocycles. The molecule has 0 aliphatic rings. The monoisotopic (exact) mass is 403 g/mol. The lowest BCUT2D eigenvalue weighted by Gasteiger charge is -2.20. The Bertz CT molecular complexity index is 1050. The van der Waals surface area contributed by atoms with Gasteiger partial charge in [0.15, 0.2) is 6.29 Å². The van der Waals surface area contributed by atoms with Crippen LogP contribution in [-0.2, 0) is 16.1 Å². The van der Waals surface area contributed by atoms with Crippen LogP contribution in [0.1, 0.15) is 26.5 Å². The third-order valence-corrected chi connectivity index (χ3v) is 7.84. The van der Waals surface area contributed by atoms with Gasteiger partial charge in [-0.3, -0.25) is 14.0 Å². The summed E-state index contributed by atoms with van der Waals surface area (Å²) in [5.41, 5.74) is 4.39. The van der Waals surface area contributed by atoms with E-state index in [1.807, 2.05) is 46.0 Å². The molecule has 0 aliphatic heterocycles. The molecule has 0 spiro atoms. The molecule has 1 unspecified atom stereocenters. The number of thiophene rings is 1. The molecule has 3 rings (SSSR count). The van der Waals surface area contributed by atoms with Crippen molar-refractivity contribution in [2.24, 2.45) is 7.05 Å². The zero-order valence-corrected chi connectivity index (χ0v) is 17.6. The third kappa shape index (κ3) is 3.63. The molecule has 0 saturated carbocycles. The predicted octanol–water partition coefficient (Wildman–Crippen LogP) is 4.46. The summed E-state index contributed by atoms with van der Waals surface area (Å²) in [5.74, 6) is 0. The molecule has 27 heavy (non-hydrogen) atoms. The minimum atomic E-state index is -3.38. The van der Waals surface area contributed by atoms with Gasteiger partial charge in [0.2, 0.25) is 0 Å². The second kappa shape index (κ2) is 7.43. The fourth-order valence-electron chi connectivity index (χ4n) is 2.95. The van der Waals surface area contributed by atoms with Crippen molar-refractivity contribution in [3.05, 3.63) is 52.2 Å². The van der Waals surface area contributed by atoms with Gasteiger partial charge in [-0.2, -0.15) is 5.10 Å².